The molecule has 2 aromatic rings. The second kappa shape index (κ2) is 8.23. The van der Waals surface area contributed by atoms with Gasteiger partial charge in [-0.05, 0) is 35.4 Å². The van der Waals surface area contributed by atoms with Gasteiger partial charge in [0.25, 0.3) is 0 Å². The molecule has 26 heavy (non-hydrogen) atoms. The summed E-state index contributed by atoms with van der Waals surface area (Å²) in [5.74, 6) is -1.22. The summed E-state index contributed by atoms with van der Waals surface area (Å²) in [7, 11) is 0. The minimum Gasteiger partial charge on any atom is -0.368 e. The van der Waals surface area contributed by atoms with Crippen LogP contribution in [0.1, 0.15) is 16.7 Å². The van der Waals surface area contributed by atoms with Crippen molar-refractivity contribution in [3.05, 3.63) is 70.2 Å². The molecule has 2 aromatic carbocycles. The summed E-state index contributed by atoms with van der Waals surface area (Å²) < 4.78 is 37.6. The fourth-order valence-corrected chi connectivity index (χ4v) is 2.45. The molecule has 0 spiro atoms. The number of amides is 2. The number of primary amides is 1. The highest BCUT2D eigenvalue weighted by Gasteiger charge is 2.30. The van der Waals surface area contributed by atoms with E-state index >= 15 is 0 Å². The molecule has 138 valence electrons. The Morgan fingerprint density at radius 3 is 2.04 bits per heavy atom. The number of alkyl halides is 3. The zero-order valence-corrected chi connectivity index (χ0v) is 14.3. The van der Waals surface area contributed by atoms with E-state index < -0.39 is 29.6 Å². The van der Waals surface area contributed by atoms with Gasteiger partial charge in [-0.3, -0.25) is 9.59 Å². The number of benzene rings is 2. The van der Waals surface area contributed by atoms with E-state index in [1.807, 2.05) is 0 Å². The fraction of sp³-hybridized carbons (Fsp3) is 0.222. The monoisotopic (exact) mass is 384 g/mol. The van der Waals surface area contributed by atoms with E-state index in [9.17, 15) is 22.8 Å². The van der Waals surface area contributed by atoms with Gasteiger partial charge >= 0.3 is 6.18 Å². The molecular formula is C18H16ClF3N2O2. The van der Waals surface area contributed by atoms with Crippen LogP contribution in [0, 0.1) is 0 Å². The number of hydrogen-bond donors (Lipinski definition) is 2. The average molecular weight is 385 g/mol. The van der Waals surface area contributed by atoms with Crippen LogP contribution in [0.25, 0.3) is 0 Å². The predicted molar refractivity (Wildman–Crippen MR) is 91.4 cm³/mol. The molecule has 0 fully saturated rings. The molecule has 8 heteroatoms. The Morgan fingerprint density at radius 2 is 1.54 bits per heavy atom. The first-order valence-electron chi connectivity index (χ1n) is 7.64. The second-order valence-corrected chi connectivity index (χ2v) is 6.16. The molecule has 4 nitrogen and oxygen atoms in total. The van der Waals surface area contributed by atoms with Gasteiger partial charge in [-0.25, -0.2) is 0 Å². The number of hydrogen-bond acceptors (Lipinski definition) is 2. The number of carbonyl (C=O) groups excluding carboxylic acids is 2. The summed E-state index contributed by atoms with van der Waals surface area (Å²) in [6.45, 7) is 0. The summed E-state index contributed by atoms with van der Waals surface area (Å²) >= 11 is 5.79. The number of carbonyl (C=O) groups is 2. The van der Waals surface area contributed by atoms with Crippen molar-refractivity contribution < 1.29 is 22.8 Å². The zero-order valence-electron chi connectivity index (χ0n) is 13.5. The molecule has 0 saturated carbocycles. The summed E-state index contributed by atoms with van der Waals surface area (Å²) in [6.07, 6.45) is -4.41. The van der Waals surface area contributed by atoms with Gasteiger partial charge in [-0.1, -0.05) is 35.9 Å². The molecule has 1 atom stereocenters. The maximum absolute atomic E-state index is 12.5. The number of halogens is 4. The van der Waals surface area contributed by atoms with Crippen LogP contribution in [0.3, 0.4) is 0 Å². The van der Waals surface area contributed by atoms with Crippen molar-refractivity contribution in [1.29, 1.82) is 0 Å². The lowest BCUT2D eigenvalue weighted by Gasteiger charge is -2.16. The van der Waals surface area contributed by atoms with Gasteiger partial charge in [0.15, 0.2) is 0 Å². The van der Waals surface area contributed by atoms with Crippen molar-refractivity contribution in [1.82, 2.24) is 5.32 Å². The SMILES string of the molecule is NC(=O)[C@@H](Cc1ccc(Cl)cc1)NC(=O)Cc1ccc(C(F)(F)F)cc1. The molecule has 0 unspecified atom stereocenters. The summed E-state index contributed by atoms with van der Waals surface area (Å²) in [4.78, 5) is 23.7. The maximum Gasteiger partial charge on any atom is 0.416 e. The Labute approximate surface area is 153 Å². The van der Waals surface area contributed by atoms with E-state index in [0.717, 1.165) is 17.7 Å². The van der Waals surface area contributed by atoms with E-state index in [0.29, 0.717) is 10.6 Å². The van der Waals surface area contributed by atoms with Gasteiger partial charge in [0.1, 0.15) is 6.04 Å². The van der Waals surface area contributed by atoms with E-state index in [-0.39, 0.29) is 12.8 Å². The van der Waals surface area contributed by atoms with Crippen LogP contribution in [0.4, 0.5) is 13.2 Å². The van der Waals surface area contributed by atoms with Crippen LogP contribution >= 0.6 is 11.6 Å². The minimum atomic E-state index is -4.43. The first-order valence-corrected chi connectivity index (χ1v) is 8.02. The van der Waals surface area contributed by atoms with Crippen molar-refractivity contribution in [3.8, 4) is 0 Å². The molecule has 0 aliphatic rings. The lowest BCUT2D eigenvalue weighted by molar-refractivity contribution is -0.137. The highest BCUT2D eigenvalue weighted by molar-refractivity contribution is 6.30. The average Bonchev–Trinajstić information content (AvgIpc) is 2.55. The first-order chi connectivity index (χ1) is 12.1. The molecule has 2 amide bonds. The van der Waals surface area contributed by atoms with E-state index in [1.165, 1.54) is 12.1 Å². The molecule has 0 heterocycles. The topological polar surface area (TPSA) is 72.2 Å². The largest absolute Gasteiger partial charge is 0.416 e. The van der Waals surface area contributed by atoms with Crippen LogP contribution in [-0.4, -0.2) is 17.9 Å². The lowest BCUT2D eigenvalue weighted by atomic mass is 10.0. The van der Waals surface area contributed by atoms with Crippen LogP contribution < -0.4 is 11.1 Å². The summed E-state index contributed by atoms with van der Waals surface area (Å²) in [5, 5.41) is 3.04. The highest BCUT2D eigenvalue weighted by Crippen LogP contribution is 2.29. The van der Waals surface area contributed by atoms with Gasteiger partial charge < -0.3 is 11.1 Å². The van der Waals surface area contributed by atoms with Crippen molar-refractivity contribution in [3.63, 3.8) is 0 Å². The van der Waals surface area contributed by atoms with Gasteiger partial charge in [0.05, 0.1) is 12.0 Å². The number of nitrogens with one attached hydrogen (secondary N) is 1. The second-order valence-electron chi connectivity index (χ2n) is 5.72. The van der Waals surface area contributed by atoms with E-state index in [4.69, 9.17) is 17.3 Å². The molecule has 0 aliphatic carbocycles. The van der Waals surface area contributed by atoms with Crippen LogP contribution in [0.5, 0.6) is 0 Å². The van der Waals surface area contributed by atoms with Gasteiger partial charge in [0.2, 0.25) is 11.8 Å². The lowest BCUT2D eigenvalue weighted by Crippen LogP contribution is -2.46. The standard InChI is InChI=1S/C18H16ClF3N2O2/c19-14-7-3-11(4-8-14)9-15(17(23)26)24-16(25)10-12-1-5-13(6-2-12)18(20,21)22/h1-8,15H,9-10H2,(H2,23,26)(H,24,25)/t15-/m1/s1. The highest BCUT2D eigenvalue weighted by atomic mass is 35.5. The molecule has 0 saturated heterocycles. The predicted octanol–water partition coefficient (Wildman–Crippen LogP) is 3.11. The third kappa shape index (κ3) is 5.77. The Kier molecular flexibility index (Phi) is 6.26. The smallest absolute Gasteiger partial charge is 0.368 e. The van der Waals surface area contributed by atoms with Crippen molar-refractivity contribution in [2.45, 2.75) is 25.1 Å². The fourth-order valence-electron chi connectivity index (χ4n) is 2.32. The third-order valence-electron chi connectivity index (χ3n) is 3.68. The molecular weight excluding hydrogens is 369 g/mol. The van der Waals surface area contributed by atoms with Crippen LogP contribution in [-0.2, 0) is 28.6 Å². The molecule has 0 radical (unpaired) electrons. The van der Waals surface area contributed by atoms with E-state index in [1.54, 1.807) is 24.3 Å². The Hall–Kier alpha value is -2.54. The van der Waals surface area contributed by atoms with Gasteiger partial charge in [0, 0.05) is 11.4 Å². The minimum absolute atomic E-state index is 0.164. The molecule has 0 aromatic heterocycles. The normalized spacial score (nSPS) is 12.5. The quantitative estimate of drug-likeness (QED) is 0.803. The van der Waals surface area contributed by atoms with Gasteiger partial charge in [-0.2, -0.15) is 13.2 Å². The number of rotatable bonds is 6. The van der Waals surface area contributed by atoms with Crippen molar-refractivity contribution in [2.24, 2.45) is 5.73 Å². The summed E-state index contributed by atoms with van der Waals surface area (Å²) in [5.41, 5.74) is 5.68. The van der Waals surface area contributed by atoms with E-state index in [2.05, 4.69) is 5.32 Å². The van der Waals surface area contributed by atoms with Crippen molar-refractivity contribution >= 4 is 23.4 Å². The zero-order chi connectivity index (χ0) is 19.3. The van der Waals surface area contributed by atoms with Crippen LogP contribution in [0.15, 0.2) is 48.5 Å². The Balaban J connectivity index is 1.99. The first kappa shape index (κ1) is 19.8. The third-order valence-corrected chi connectivity index (χ3v) is 3.93. The summed E-state index contributed by atoms with van der Waals surface area (Å²) in [6, 6.07) is 10.0. The van der Waals surface area contributed by atoms with Crippen LogP contribution in [0.2, 0.25) is 5.02 Å². The molecule has 0 bridgehead atoms. The Morgan fingerprint density at radius 1 is 1.00 bits per heavy atom. The van der Waals surface area contributed by atoms with Gasteiger partial charge in [-0.15, -0.1) is 0 Å². The van der Waals surface area contributed by atoms with Crippen molar-refractivity contribution in [2.75, 3.05) is 0 Å². The number of nitrogens with two attached hydrogens (primary N) is 1. The molecule has 0 aliphatic heterocycles. The maximum atomic E-state index is 12.5. The molecule has 2 rings (SSSR count). The Bertz CT molecular complexity index is 775. The molecule has 3 N–H and O–H groups in total.